The molecule has 0 aliphatic carbocycles. The Morgan fingerprint density at radius 3 is 2.39 bits per heavy atom. The fourth-order valence-corrected chi connectivity index (χ4v) is 1.79. The number of nitrogens with one attached hydrogen (secondary N) is 2. The van der Waals surface area contributed by atoms with Gasteiger partial charge < -0.3 is 15.4 Å². The van der Waals surface area contributed by atoms with Gasteiger partial charge in [0.2, 0.25) is 5.91 Å². The van der Waals surface area contributed by atoms with Crippen molar-refractivity contribution in [3.63, 3.8) is 0 Å². The predicted octanol–water partition coefficient (Wildman–Crippen LogP) is 2.48. The molecule has 1 amide bonds. The third-order valence-electron chi connectivity index (χ3n) is 3.11. The van der Waals surface area contributed by atoms with Crippen LogP contribution in [0.5, 0.6) is 0 Å². The molecule has 1 aliphatic heterocycles. The number of carbonyl (C=O) groups excluding carboxylic acids is 1. The summed E-state index contributed by atoms with van der Waals surface area (Å²) < 4.78 is 5.21. The van der Waals surface area contributed by atoms with Crippen LogP contribution in [-0.2, 0) is 9.53 Å². The van der Waals surface area contributed by atoms with Crippen LogP contribution < -0.4 is 10.6 Å². The topological polar surface area (TPSA) is 50.4 Å². The number of amides is 1. The molecule has 2 rings (SSSR count). The average Bonchev–Trinajstić information content (AvgIpc) is 2.35. The van der Waals surface area contributed by atoms with Crippen LogP contribution in [0.1, 0.15) is 20.3 Å². The summed E-state index contributed by atoms with van der Waals surface area (Å²) in [4.78, 5) is 11.2. The maximum Gasteiger partial charge on any atom is 0.224 e. The molecule has 0 atom stereocenters. The van der Waals surface area contributed by atoms with Crippen molar-refractivity contribution in [2.24, 2.45) is 5.41 Å². The molecular formula is C14H20N2O2. The van der Waals surface area contributed by atoms with Crippen molar-refractivity contribution in [2.75, 3.05) is 30.4 Å². The number of ether oxygens (including phenoxy) is 1. The Bertz CT molecular complexity index is 410. The quantitative estimate of drug-likeness (QED) is 0.841. The molecule has 1 aromatic rings. The lowest BCUT2D eigenvalue weighted by molar-refractivity contribution is -0.115. The summed E-state index contributed by atoms with van der Waals surface area (Å²) in [5.74, 6) is 0.0369. The summed E-state index contributed by atoms with van der Waals surface area (Å²) >= 11 is 0. The van der Waals surface area contributed by atoms with E-state index in [0.717, 1.165) is 31.1 Å². The molecule has 1 heterocycles. The Kier molecular flexibility index (Phi) is 3.87. The number of anilines is 2. The van der Waals surface area contributed by atoms with Crippen molar-refractivity contribution in [3.8, 4) is 0 Å². The first-order valence-electron chi connectivity index (χ1n) is 6.33. The van der Waals surface area contributed by atoms with Gasteiger partial charge in [0.05, 0.1) is 13.2 Å². The van der Waals surface area contributed by atoms with Crippen LogP contribution in [0.3, 0.4) is 0 Å². The van der Waals surface area contributed by atoms with E-state index >= 15 is 0 Å². The van der Waals surface area contributed by atoms with Crippen LogP contribution in [0.4, 0.5) is 11.4 Å². The molecule has 18 heavy (non-hydrogen) atoms. The molecule has 4 nitrogen and oxygen atoms in total. The third kappa shape index (κ3) is 3.23. The van der Waals surface area contributed by atoms with Crippen LogP contribution in [0.25, 0.3) is 0 Å². The number of hydrogen-bond acceptors (Lipinski definition) is 3. The Hall–Kier alpha value is -1.55. The van der Waals surface area contributed by atoms with Gasteiger partial charge in [-0.25, -0.2) is 0 Å². The largest absolute Gasteiger partial charge is 0.384 e. The van der Waals surface area contributed by atoms with Gasteiger partial charge in [-0.1, -0.05) is 13.8 Å². The number of rotatable bonds is 5. The molecule has 1 aromatic carbocycles. The van der Waals surface area contributed by atoms with Crippen LogP contribution in [-0.4, -0.2) is 25.7 Å². The van der Waals surface area contributed by atoms with E-state index in [1.807, 2.05) is 31.2 Å². The summed E-state index contributed by atoms with van der Waals surface area (Å²) in [6.07, 6.45) is 0.498. The van der Waals surface area contributed by atoms with Crippen LogP contribution in [0.15, 0.2) is 24.3 Å². The number of benzene rings is 1. The first-order chi connectivity index (χ1) is 8.61. The second-order valence-corrected chi connectivity index (χ2v) is 5.14. The lowest BCUT2D eigenvalue weighted by Gasteiger charge is -2.38. The van der Waals surface area contributed by atoms with Crippen molar-refractivity contribution in [3.05, 3.63) is 24.3 Å². The van der Waals surface area contributed by atoms with E-state index in [-0.39, 0.29) is 11.3 Å². The number of carbonyl (C=O) groups is 1. The van der Waals surface area contributed by atoms with E-state index in [4.69, 9.17) is 4.74 Å². The highest BCUT2D eigenvalue weighted by Crippen LogP contribution is 2.27. The zero-order chi connectivity index (χ0) is 13.0. The highest BCUT2D eigenvalue weighted by Gasteiger charge is 2.32. The Labute approximate surface area is 108 Å². The van der Waals surface area contributed by atoms with Gasteiger partial charge >= 0.3 is 0 Å². The van der Waals surface area contributed by atoms with Gasteiger partial charge in [0, 0.05) is 29.8 Å². The average molecular weight is 248 g/mol. The summed E-state index contributed by atoms with van der Waals surface area (Å²) in [6, 6.07) is 7.79. The molecule has 1 aliphatic rings. The molecule has 0 saturated carbocycles. The van der Waals surface area contributed by atoms with Crippen molar-refractivity contribution in [1.82, 2.24) is 0 Å². The molecule has 1 fully saturated rings. The smallest absolute Gasteiger partial charge is 0.224 e. The van der Waals surface area contributed by atoms with Gasteiger partial charge in [0.25, 0.3) is 0 Å². The standard InChI is InChI=1S/C14H20N2O2/c1-3-13(17)16-12-6-4-11(5-7-12)15-8-14(2)9-18-10-14/h4-7,15H,3,8-10H2,1-2H3,(H,16,17). The zero-order valence-electron chi connectivity index (χ0n) is 11.0. The molecule has 0 bridgehead atoms. The minimum atomic E-state index is 0.0369. The zero-order valence-corrected chi connectivity index (χ0v) is 11.0. The normalized spacial score (nSPS) is 16.8. The van der Waals surface area contributed by atoms with Gasteiger partial charge in [0.15, 0.2) is 0 Å². The fraction of sp³-hybridized carbons (Fsp3) is 0.500. The van der Waals surface area contributed by atoms with Crippen molar-refractivity contribution in [1.29, 1.82) is 0 Å². The van der Waals surface area contributed by atoms with E-state index < -0.39 is 0 Å². The Morgan fingerprint density at radius 1 is 1.28 bits per heavy atom. The molecule has 0 radical (unpaired) electrons. The first-order valence-corrected chi connectivity index (χ1v) is 6.33. The van der Waals surface area contributed by atoms with Crippen molar-refractivity contribution < 1.29 is 9.53 Å². The maximum absolute atomic E-state index is 11.2. The van der Waals surface area contributed by atoms with E-state index in [9.17, 15) is 4.79 Å². The molecule has 0 unspecified atom stereocenters. The fourth-order valence-electron chi connectivity index (χ4n) is 1.79. The van der Waals surface area contributed by atoms with E-state index in [2.05, 4.69) is 17.6 Å². The Morgan fingerprint density at radius 2 is 1.89 bits per heavy atom. The summed E-state index contributed by atoms with van der Waals surface area (Å²) in [6.45, 7) is 6.61. The lowest BCUT2D eigenvalue weighted by atomic mass is 9.89. The van der Waals surface area contributed by atoms with E-state index in [1.165, 1.54) is 0 Å². The summed E-state index contributed by atoms with van der Waals surface area (Å²) in [5.41, 5.74) is 2.16. The first kappa shape index (κ1) is 12.9. The SMILES string of the molecule is CCC(=O)Nc1ccc(NCC2(C)COC2)cc1. The molecule has 98 valence electrons. The second kappa shape index (κ2) is 5.40. The molecule has 0 spiro atoms. The third-order valence-corrected chi connectivity index (χ3v) is 3.11. The molecule has 4 heteroatoms. The lowest BCUT2D eigenvalue weighted by Crippen LogP contribution is -2.45. The van der Waals surface area contributed by atoms with Crippen LogP contribution in [0.2, 0.25) is 0 Å². The predicted molar refractivity (Wildman–Crippen MR) is 72.8 cm³/mol. The van der Waals surface area contributed by atoms with Crippen LogP contribution in [0, 0.1) is 5.41 Å². The van der Waals surface area contributed by atoms with Gasteiger partial charge in [-0.3, -0.25) is 4.79 Å². The van der Waals surface area contributed by atoms with Gasteiger partial charge in [-0.15, -0.1) is 0 Å². The molecule has 2 N–H and O–H groups in total. The van der Waals surface area contributed by atoms with Gasteiger partial charge in [-0.2, -0.15) is 0 Å². The highest BCUT2D eigenvalue weighted by atomic mass is 16.5. The second-order valence-electron chi connectivity index (χ2n) is 5.14. The highest BCUT2D eigenvalue weighted by molar-refractivity contribution is 5.90. The van der Waals surface area contributed by atoms with Crippen molar-refractivity contribution in [2.45, 2.75) is 20.3 Å². The maximum atomic E-state index is 11.2. The summed E-state index contributed by atoms with van der Waals surface area (Å²) in [7, 11) is 0. The molecule has 0 aromatic heterocycles. The minimum Gasteiger partial charge on any atom is -0.384 e. The summed E-state index contributed by atoms with van der Waals surface area (Å²) in [5, 5.41) is 6.22. The van der Waals surface area contributed by atoms with E-state index in [1.54, 1.807) is 0 Å². The van der Waals surface area contributed by atoms with Gasteiger partial charge in [0.1, 0.15) is 0 Å². The monoisotopic (exact) mass is 248 g/mol. The van der Waals surface area contributed by atoms with Gasteiger partial charge in [-0.05, 0) is 24.3 Å². The van der Waals surface area contributed by atoms with Crippen molar-refractivity contribution >= 4 is 17.3 Å². The van der Waals surface area contributed by atoms with E-state index in [0.29, 0.717) is 6.42 Å². The minimum absolute atomic E-state index is 0.0369. The molecule has 1 saturated heterocycles. The van der Waals surface area contributed by atoms with Crippen LogP contribution >= 0.6 is 0 Å². The molecular weight excluding hydrogens is 228 g/mol. The number of hydrogen-bond donors (Lipinski definition) is 2. The Balaban J connectivity index is 1.85.